The van der Waals surface area contributed by atoms with Gasteiger partial charge in [0, 0.05) is 10.9 Å². The van der Waals surface area contributed by atoms with Crippen molar-refractivity contribution in [3.8, 4) is 5.75 Å². The van der Waals surface area contributed by atoms with Crippen molar-refractivity contribution < 1.29 is 23.1 Å². The molecular formula is C19H17FO4. The van der Waals surface area contributed by atoms with Crippen molar-refractivity contribution >= 4 is 16.9 Å². The van der Waals surface area contributed by atoms with E-state index in [1.54, 1.807) is 50.2 Å². The molecule has 1 aromatic heterocycles. The second-order valence-electron chi connectivity index (χ2n) is 5.29. The summed E-state index contributed by atoms with van der Waals surface area (Å²) in [4.78, 5) is 12.1. The van der Waals surface area contributed by atoms with E-state index in [-0.39, 0.29) is 19.0 Å². The van der Waals surface area contributed by atoms with Gasteiger partial charge in [-0.2, -0.15) is 0 Å². The Labute approximate surface area is 138 Å². The third-order valence-corrected chi connectivity index (χ3v) is 3.67. The van der Waals surface area contributed by atoms with Gasteiger partial charge < -0.3 is 13.9 Å². The molecule has 0 fully saturated rings. The molecule has 2 aromatic carbocycles. The van der Waals surface area contributed by atoms with E-state index in [1.807, 2.05) is 0 Å². The molecular weight excluding hydrogens is 311 g/mol. The maximum absolute atomic E-state index is 13.6. The first-order chi connectivity index (χ1) is 11.6. The van der Waals surface area contributed by atoms with Gasteiger partial charge in [-0.1, -0.05) is 18.2 Å². The molecule has 4 nitrogen and oxygen atoms in total. The van der Waals surface area contributed by atoms with Crippen LogP contribution in [-0.4, -0.2) is 12.6 Å². The summed E-state index contributed by atoms with van der Waals surface area (Å²) in [5.74, 6) is 0.275. The van der Waals surface area contributed by atoms with Crippen LogP contribution >= 0.6 is 0 Å². The first-order valence-corrected chi connectivity index (χ1v) is 7.66. The van der Waals surface area contributed by atoms with E-state index in [0.29, 0.717) is 33.6 Å². The molecule has 0 spiro atoms. The normalized spacial score (nSPS) is 10.8. The highest BCUT2D eigenvalue weighted by atomic mass is 19.1. The number of rotatable bonds is 5. The minimum atomic E-state index is -0.431. The van der Waals surface area contributed by atoms with Crippen molar-refractivity contribution in [2.75, 3.05) is 6.61 Å². The van der Waals surface area contributed by atoms with E-state index in [4.69, 9.17) is 13.9 Å². The quantitative estimate of drug-likeness (QED) is 0.640. The number of fused-ring (bicyclic) bond motifs is 1. The Bertz CT molecular complexity index is 882. The molecule has 0 saturated carbocycles. The number of esters is 1. The van der Waals surface area contributed by atoms with Gasteiger partial charge in [0.05, 0.1) is 6.61 Å². The molecule has 0 aliphatic heterocycles. The molecule has 0 aliphatic rings. The predicted octanol–water partition coefficient (Wildman–Crippen LogP) is 4.64. The van der Waals surface area contributed by atoms with Gasteiger partial charge >= 0.3 is 5.97 Å². The highest BCUT2D eigenvalue weighted by Crippen LogP contribution is 2.30. The molecule has 124 valence electrons. The number of carbonyl (C=O) groups excluding carboxylic acids is 1. The first kappa shape index (κ1) is 16.1. The van der Waals surface area contributed by atoms with Crippen LogP contribution in [0.5, 0.6) is 5.75 Å². The zero-order chi connectivity index (χ0) is 17.1. The number of furan rings is 1. The van der Waals surface area contributed by atoms with Gasteiger partial charge in [-0.05, 0) is 38.1 Å². The van der Waals surface area contributed by atoms with E-state index in [2.05, 4.69) is 0 Å². The fourth-order valence-corrected chi connectivity index (χ4v) is 2.52. The molecule has 1 heterocycles. The molecule has 0 aliphatic carbocycles. The fourth-order valence-electron chi connectivity index (χ4n) is 2.52. The molecule has 3 rings (SSSR count). The molecule has 0 unspecified atom stereocenters. The second kappa shape index (κ2) is 6.74. The first-order valence-electron chi connectivity index (χ1n) is 7.66. The van der Waals surface area contributed by atoms with Crippen LogP contribution in [0.4, 0.5) is 4.39 Å². The van der Waals surface area contributed by atoms with Gasteiger partial charge in [0.15, 0.2) is 0 Å². The lowest BCUT2D eigenvalue weighted by atomic mass is 10.1. The zero-order valence-corrected chi connectivity index (χ0v) is 13.5. The Morgan fingerprint density at radius 1 is 1.21 bits per heavy atom. The molecule has 0 amide bonds. The number of hydrogen-bond acceptors (Lipinski definition) is 4. The van der Waals surface area contributed by atoms with E-state index >= 15 is 0 Å². The van der Waals surface area contributed by atoms with Crippen molar-refractivity contribution in [3.05, 3.63) is 65.2 Å². The molecule has 0 bridgehead atoms. The van der Waals surface area contributed by atoms with Gasteiger partial charge in [-0.15, -0.1) is 0 Å². The Morgan fingerprint density at radius 3 is 2.75 bits per heavy atom. The van der Waals surface area contributed by atoms with Gasteiger partial charge in [0.25, 0.3) is 0 Å². The lowest BCUT2D eigenvalue weighted by Crippen LogP contribution is -2.05. The van der Waals surface area contributed by atoms with Crippen molar-refractivity contribution in [1.29, 1.82) is 0 Å². The van der Waals surface area contributed by atoms with Gasteiger partial charge in [0.2, 0.25) is 0 Å². The number of hydrogen-bond donors (Lipinski definition) is 0. The number of carbonyl (C=O) groups is 1. The van der Waals surface area contributed by atoms with Gasteiger partial charge in [0.1, 0.15) is 35.1 Å². The summed E-state index contributed by atoms with van der Waals surface area (Å²) in [7, 11) is 0. The van der Waals surface area contributed by atoms with E-state index in [1.165, 1.54) is 6.07 Å². The summed E-state index contributed by atoms with van der Waals surface area (Å²) in [5, 5.41) is 0.622. The number of benzene rings is 2. The Kier molecular flexibility index (Phi) is 4.51. The van der Waals surface area contributed by atoms with Gasteiger partial charge in [-0.3, -0.25) is 0 Å². The van der Waals surface area contributed by atoms with Crippen LogP contribution in [-0.2, 0) is 11.3 Å². The molecule has 0 saturated heterocycles. The van der Waals surface area contributed by atoms with Crippen LogP contribution in [0.1, 0.15) is 28.6 Å². The van der Waals surface area contributed by atoms with Crippen molar-refractivity contribution in [3.63, 3.8) is 0 Å². The summed E-state index contributed by atoms with van der Waals surface area (Å²) in [6.07, 6.45) is 0. The van der Waals surface area contributed by atoms with Crippen LogP contribution in [0.2, 0.25) is 0 Å². The van der Waals surface area contributed by atoms with Crippen LogP contribution in [0.25, 0.3) is 11.0 Å². The van der Waals surface area contributed by atoms with Crippen LogP contribution in [0.3, 0.4) is 0 Å². The summed E-state index contributed by atoms with van der Waals surface area (Å²) >= 11 is 0. The van der Waals surface area contributed by atoms with Crippen LogP contribution < -0.4 is 4.74 Å². The largest absolute Gasteiger partial charge is 0.489 e. The zero-order valence-electron chi connectivity index (χ0n) is 13.5. The standard InChI is InChI=1S/C19H17FO4/c1-3-22-19(21)18-12(2)24-17-9-8-14(10-15(17)18)23-11-13-6-4-5-7-16(13)20/h4-10H,3,11H2,1-2H3. The lowest BCUT2D eigenvalue weighted by Gasteiger charge is -2.07. The topological polar surface area (TPSA) is 48.7 Å². The maximum Gasteiger partial charge on any atom is 0.342 e. The maximum atomic E-state index is 13.6. The van der Waals surface area contributed by atoms with Crippen molar-refractivity contribution in [1.82, 2.24) is 0 Å². The molecule has 5 heteroatoms. The third kappa shape index (κ3) is 3.11. The molecule has 0 atom stereocenters. The monoisotopic (exact) mass is 328 g/mol. The third-order valence-electron chi connectivity index (χ3n) is 3.67. The summed E-state index contributed by atoms with van der Waals surface area (Å²) in [5.41, 5.74) is 1.43. The van der Waals surface area contributed by atoms with Crippen LogP contribution in [0, 0.1) is 12.7 Å². The summed E-state index contributed by atoms with van der Waals surface area (Å²) in [6.45, 7) is 3.85. The minimum absolute atomic E-state index is 0.101. The summed E-state index contributed by atoms with van der Waals surface area (Å²) < 4.78 is 30.0. The Morgan fingerprint density at radius 2 is 2.00 bits per heavy atom. The average molecular weight is 328 g/mol. The number of halogens is 1. The highest BCUT2D eigenvalue weighted by Gasteiger charge is 2.19. The lowest BCUT2D eigenvalue weighted by molar-refractivity contribution is 0.0526. The predicted molar refractivity (Wildman–Crippen MR) is 87.6 cm³/mol. The van der Waals surface area contributed by atoms with E-state index in [0.717, 1.165) is 0 Å². The number of ether oxygens (including phenoxy) is 2. The Balaban J connectivity index is 1.89. The fraction of sp³-hybridized carbons (Fsp3) is 0.211. The Hall–Kier alpha value is -2.82. The SMILES string of the molecule is CCOC(=O)c1c(C)oc2ccc(OCc3ccccc3F)cc12. The highest BCUT2D eigenvalue weighted by molar-refractivity contribution is 6.04. The molecule has 0 N–H and O–H groups in total. The van der Waals surface area contributed by atoms with E-state index < -0.39 is 5.97 Å². The molecule has 3 aromatic rings. The molecule has 24 heavy (non-hydrogen) atoms. The van der Waals surface area contributed by atoms with Crippen molar-refractivity contribution in [2.24, 2.45) is 0 Å². The van der Waals surface area contributed by atoms with Crippen molar-refractivity contribution in [2.45, 2.75) is 20.5 Å². The minimum Gasteiger partial charge on any atom is -0.489 e. The van der Waals surface area contributed by atoms with Gasteiger partial charge in [-0.25, -0.2) is 9.18 Å². The summed E-state index contributed by atoms with van der Waals surface area (Å²) in [6, 6.07) is 11.6. The average Bonchev–Trinajstić information content (AvgIpc) is 2.89. The second-order valence-corrected chi connectivity index (χ2v) is 5.29. The number of aryl methyl sites for hydroxylation is 1. The molecule has 0 radical (unpaired) electrons. The van der Waals surface area contributed by atoms with Crippen LogP contribution in [0.15, 0.2) is 46.9 Å². The smallest absolute Gasteiger partial charge is 0.342 e. The van der Waals surface area contributed by atoms with E-state index in [9.17, 15) is 9.18 Å².